The highest BCUT2D eigenvalue weighted by Crippen LogP contribution is 2.35. The van der Waals surface area contributed by atoms with E-state index in [9.17, 15) is 14.8 Å². The molecule has 0 aliphatic carbocycles. The molecule has 5 heteroatoms. The van der Waals surface area contributed by atoms with Crippen molar-refractivity contribution in [2.45, 2.75) is 25.1 Å². The molecule has 1 aliphatic rings. The maximum Gasteiger partial charge on any atom is 0.123 e. The average Bonchev–Trinajstić information content (AvgIpc) is 2.95. The van der Waals surface area contributed by atoms with Crippen molar-refractivity contribution in [3.05, 3.63) is 65.0 Å². The molecule has 0 amide bonds. The summed E-state index contributed by atoms with van der Waals surface area (Å²) in [5.74, 6) is 0.402. The second kappa shape index (κ2) is 7.00. The molecule has 0 saturated carbocycles. The number of ether oxygens (including phenoxy) is 1. The van der Waals surface area contributed by atoms with E-state index < -0.39 is 6.10 Å². The lowest BCUT2D eigenvalue weighted by Gasteiger charge is -2.25. The number of hydrogen-bond donors (Lipinski definition) is 1. The lowest BCUT2D eigenvalue weighted by Crippen LogP contribution is -2.24. The first-order valence-corrected chi connectivity index (χ1v) is 7.85. The summed E-state index contributed by atoms with van der Waals surface area (Å²) in [4.78, 5) is 2.08. The first-order chi connectivity index (χ1) is 11.6. The summed E-state index contributed by atoms with van der Waals surface area (Å²) >= 11 is 0. The van der Waals surface area contributed by atoms with E-state index in [1.54, 1.807) is 7.11 Å². The van der Waals surface area contributed by atoms with Crippen molar-refractivity contribution in [3.8, 4) is 11.8 Å². The van der Waals surface area contributed by atoms with Crippen molar-refractivity contribution < 1.29 is 14.2 Å². The zero-order valence-corrected chi connectivity index (χ0v) is 13.4. The number of halogens is 1. The number of hydrogen-bond acceptors (Lipinski definition) is 4. The number of methoxy groups -OCH3 is 1. The Kier molecular flexibility index (Phi) is 4.79. The number of aliphatic hydroxyl groups excluding tert-OH is 1. The highest BCUT2D eigenvalue weighted by Gasteiger charge is 2.32. The van der Waals surface area contributed by atoms with E-state index in [1.807, 2.05) is 24.3 Å². The van der Waals surface area contributed by atoms with Crippen LogP contribution in [0.1, 0.15) is 29.2 Å². The molecule has 0 radical (unpaired) electrons. The molecule has 0 spiro atoms. The zero-order valence-electron chi connectivity index (χ0n) is 13.4. The second-order valence-corrected chi connectivity index (χ2v) is 6.02. The minimum atomic E-state index is -0.444. The van der Waals surface area contributed by atoms with Gasteiger partial charge in [-0.1, -0.05) is 12.1 Å². The monoisotopic (exact) mass is 326 g/mol. The van der Waals surface area contributed by atoms with Gasteiger partial charge in [0.15, 0.2) is 0 Å². The van der Waals surface area contributed by atoms with Gasteiger partial charge in [-0.2, -0.15) is 5.26 Å². The van der Waals surface area contributed by atoms with Crippen LogP contribution >= 0.6 is 0 Å². The summed E-state index contributed by atoms with van der Waals surface area (Å²) in [5.41, 5.74) is 2.14. The van der Waals surface area contributed by atoms with Gasteiger partial charge in [-0.05, 0) is 47.9 Å². The fraction of sp³-hybridized carbons (Fsp3) is 0.316. The molecule has 0 aromatic heterocycles. The number of nitriles is 1. The molecule has 2 aromatic carbocycles. The molecular weight excluding hydrogens is 307 g/mol. The van der Waals surface area contributed by atoms with Crippen molar-refractivity contribution in [3.63, 3.8) is 0 Å². The molecule has 24 heavy (non-hydrogen) atoms. The number of rotatable bonds is 4. The average molecular weight is 326 g/mol. The van der Waals surface area contributed by atoms with Crippen molar-refractivity contribution in [2.24, 2.45) is 0 Å². The van der Waals surface area contributed by atoms with Crippen LogP contribution in [0.3, 0.4) is 0 Å². The van der Waals surface area contributed by atoms with Crippen molar-refractivity contribution in [2.75, 3.05) is 13.7 Å². The summed E-state index contributed by atoms with van der Waals surface area (Å²) in [7, 11) is 1.62. The van der Waals surface area contributed by atoms with Crippen LogP contribution in [0.15, 0.2) is 42.5 Å². The Labute approximate surface area is 140 Å². The minimum absolute atomic E-state index is 0.00455. The van der Waals surface area contributed by atoms with Crippen LogP contribution < -0.4 is 4.74 Å². The number of aliphatic hydroxyl groups is 1. The van der Waals surface area contributed by atoms with E-state index in [0.717, 1.165) is 11.3 Å². The van der Waals surface area contributed by atoms with Gasteiger partial charge in [0.25, 0.3) is 0 Å². The standard InChI is InChI=1S/C19H19FN2O2/c1-24-18-4-2-3-13(8-18)19-9-17(23)12-22(19)11-15-7-16(20)6-5-14(15)10-21/h2-8,17,19,23H,9,11-12H2,1H3/t17-,19+/m1/s1. The Bertz CT molecular complexity index is 772. The van der Waals surface area contributed by atoms with Crippen LogP contribution in [0.25, 0.3) is 0 Å². The maximum atomic E-state index is 13.6. The van der Waals surface area contributed by atoms with Crippen molar-refractivity contribution in [1.82, 2.24) is 4.90 Å². The Balaban J connectivity index is 1.89. The van der Waals surface area contributed by atoms with E-state index in [4.69, 9.17) is 4.74 Å². The van der Waals surface area contributed by atoms with Crippen LogP contribution in [0.2, 0.25) is 0 Å². The fourth-order valence-corrected chi connectivity index (χ4v) is 3.27. The van der Waals surface area contributed by atoms with E-state index in [1.165, 1.54) is 18.2 Å². The van der Waals surface area contributed by atoms with Gasteiger partial charge in [0.1, 0.15) is 11.6 Å². The Morgan fingerprint density at radius 3 is 2.92 bits per heavy atom. The molecule has 4 nitrogen and oxygen atoms in total. The molecule has 1 N–H and O–H groups in total. The van der Waals surface area contributed by atoms with Crippen molar-refractivity contribution >= 4 is 0 Å². The lowest BCUT2D eigenvalue weighted by molar-refractivity contribution is 0.172. The van der Waals surface area contributed by atoms with Crippen LogP contribution in [-0.2, 0) is 6.54 Å². The third kappa shape index (κ3) is 3.40. The van der Waals surface area contributed by atoms with Gasteiger partial charge >= 0.3 is 0 Å². The number of benzene rings is 2. The smallest absolute Gasteiger partial charge is 0.123 e. The van der Waals surface area contributed by atoms with Crippen LogP contribution in [0.4, 0.5) is 4.39 Å². The van der Waals surface area contributed by atoms with E-state index >= 15 is 0 Å². The van der Waals surface area contributed by atoms with Gasteiger partial charge in [0.05, 0.1) is 24.8 Å². The number of likely N-dealkylation sites (tertiary alicyclic amines) is 1. The first-order valence-electron chi connectivity index (χ1n) is 7.85. The van der Waals surface area contributed by atoms with Gasteiger partial charge < -0.3 is 9.84 Å². The van der Waals surface area contributed by atoms with Crippen LogP contribution in [0, 0.1) is 17.1 Å². The maximum absolute atomic E-state index is 13.6. The molecule has 2 aromatic rings. The van der Waals surface area contributed by atoms with Gasteiger partial charge in [0, 0.05) is 19.1 Å². The summed E-state index contributed by atoms with van der Waals surface area (Å²) in [6.07, 6.45) is 0.157. The summed E-state index contributed by atoms with van der Waals surface area (Å²) in [5, 5.41) is 19.3. The fourth-order valence-electron chi connectivity index (χ4n) is 3.27. The van der Waals surface area contributed by atoms with Gasteiger partial charge in [0.2, 0.25) is 0 Å². The third-order valence-electron chi connectivity index (χ3n) is 4.42. The third-order valence-corrected chi connectivity index (χ3v) is 4.42. The molecule has 1 fully saturated rings. The molecule has 1 saturated heterocycles. The summed E-state index contributed by atoms with van der Waals surface area (Å²) in [6, 6.07) is 14.0. The Hall–Kier alpha value is -2.42. The molecule has 0 unspecified atom stereocenters. The molecule has 3 rings (SSSR count). The van der Waals surface area contributed by atoms with Crippen LogP contribution in [-0.4, -0.2) is 29.8 Å². The van der Waals surface area contributed by atoms with Crippen LogP contribution in [0.5, 0.6) is 5.75 Å². The first kappa shape index (κ1) is 16.4. The summed E-state index contributed by atoms with van der Waals surface area (Å²) < 4.78 is 18.8. The molecular formula is C19H19FN2O2. The second-order valence-electron chi connectivity index (χ2n) is 6.02. The Morgan fingerprint density at radius 1 is 1.33 bits per heavy atom. The zero-order chi connectivity index (χ0) is 17.1. The SMILES string of the molecule is COc1cccc([C@@H]2C[C@@H](O)CN2Cc2cc(F)ccc2C#N)c1. The lowest BCUT2D eigenvalue weighted by atomic mass is 10.0. The van der Waals surface area contributed by atoms with Gasteiger partial charge in [-0.15, -0.1) is 0 Å². The van der Waals surface area contributed by atoms with Crippen molar-refractivity contribution in [1.29, 1.82) is 5.26 Å². The van der Waals surface area contributed by atoms with Gasteiger partial charge in [-0.3, -0.25) is 4.90 Å². The minimum Gasteiger partial charge on any atom is -0.497 e. The highest BCUT2D eigenvalue weighted by molar-refractivity contribution is 5.38. The predicted octanol–water partition coefficient (Wildman–Crippen LogP) is 3.01. The van der Waals surface area contributed by atoms with Gasteiger partial charge in [-0.25, -0.2) is 4.39 Å². The normalized spacial score (nSPS) is 20.8. The van der Waals surface area contributed by atoms with E-state index in [-0.39, 0.29) is 11.9 Å². The largest absolute Gasteiger partial charge is 0.497 e. The Morgan fingerprint density at radius 2 is 2.17 bits per heavy atom. The molecule has 1 heterocycles. The van der Waals surface area contributed by atoms with E-state index in [0.29, 0.717) is 30.6 Å². The highest BCUT2D eigenvalue weighted by atomic mass is 19.1. The number of β-amino-alcohol motifs (C(OH)–C–C–N with tert-alkyl or cyclic N) is 1. The molecule has 1 aliphatic heterocycles. The molecule has 2 atom stereocenters. The topological polar surface area (TPSA) is 56.5 Å². The quantitative estimate of drug-likeness (QED) is 0.938. The molecule has 0 bridgehead atoms. The number of nitrogens with zero attached hydrogens (tertiary/aromatic N) is 2. The summed E-state index contributed by atoms with van der Waals surface area (Å²) in [6.45, 7) is 0.906. The predicted molar refractivity (Wildman–Crippen MR) is 87.9 cm³/mol. The van der Waals surface area contributed by atoms with E-state index in [2.05, 4.69) is 11.0 Å². The molecule has 124 valence electrons.